The number of fused-ring (bicyclic) bond motifs is 2. The second-order valence-electron chi connectivity index (χ2n) is 14.6. The Morgan fingerprint density at radius 1 is 0.783 bits per heavy atom. The van der Waals surface area contributed by atoms with Gasteiger partial charge < -0.3 is 0 Å². The first-order valence-electron chi connectivity index (χ1n) is 15.8. The van der Waals surface area contributed by atoms with Crippen molar-refractivity contribution in [2.75, 3.05) is 0 Å². The van der Waals surface area contributed by atoms with Crippen molar-refractivity contribution in [3.05, 3.63) is 76.9 Å². The van der Waals surface area contributed by atoms with Gasteiger partial charge in [0, 0.05) is 0 Å². The maximum atomic E-state index is 14.4. The fourth-order valence-electron chi connectivity index (χ4n) is 5.48. The average Bonchev–Trinajstić information content (AvgIpc) is 3.24. The monoisotopic (exact) mass is 666 g/mol. The number of hydrazone groups is 1. The number of benzene rings is 3. The number of carbonyl (C=O) groups is 1. The molecule has 0 aromatic heterocycles. The van der Waals surface area contributed by atoms with Gasteiger partial charge in [-0.1, -0.05) is 0 Å². The summed E-state index contributed by atoms with van der Waals surface area (Å²) in [6.45, 7) is 24.3. The molecule has 46 heavy (non-hydrogen) atoms. The molecule has 0 aliphatic carbocycles. The summed E-state index contributed by atoms with van der Waals surface area (Å²) in [5, 5.41) is 5.17. The molecule has 0 N–H and O–H groups in total. The number of rotatable bonds is 3. The maximum absolute atomic E-state index is 14.4. The first-order chi connectivity index (χ1) is 21.3. The molecule has 1 spiro atoms. The molecule has 1 amide bonds. The molecular weight excluding hydrogens is 619 g/mol. The molecule has 2 aliphatic heterocycles. The molecule has 0 saturated carbocycles. The van der Waals surface area contributed by atoms with E-state index in [4.69, 9.17) is 23.0 Å². The Balaban J connectivity index is 2.00. The van der Waals surface area contributed by atoms with E-state index in [0.717, 1.165) is 36.8 Å². The van der Waals surface area contributed by atoms with Gasteiger partial charge in [-0.25, -0.2) is 0 Å². The Morgan fingerprint density at radius 3 is 1.72 bits per heavy atom. The third kappa shape index (κ3) is 6.04. The van der Waals surface area contributed by atoms with Crippen molar-refractivity contribution in [1.29, 1.82) is 0 Å². The van der Waals surface area contributed by atoms with Gasteiger partial charge in [0.25, 0.3) is 0 Å². The quantitative estimate of drug-likeness (QED) is 0.258. The molecule has 2 heterocycles. The summed E-state index contributed by atoms with van der Waals surface area (Å²) in [4.78, 5) is 16.1. The summed E-state index contributed by atoms with van der Waals surface area (Å²) < 4.78 is 35.0. The van der Waals surface area contributed by atoms with Crippen LogP contribution < -0.4 is 14.4 Å². The normalized spacial score (nSPS) is 17.7. The molecule has 0 unspecified atom stereocenters. The standard InChI is InChI=1S/C36H47N2O6PS/c1-22(2)40-33-37-38(34(39)41-23(3)4)45(44-33,26-16-14-13-15-17-26)42-31-27(35(7,8)9)18-24(5)20-29(31)46-30-21-25(6)19-28(32(30)43-45)36(10,11)12/h13-23H,1-12H3. The Morgan fingerprint density at radius 2 is 1.28 bits per heavy atom. The molecule has 3 aromatic carbocycles. The Bertz CT molecular complexity index is 1620. The minimum absolute atomic E-state index is 0.137. The SMILES string of the molecule is Cc1cc2c(c(C(C)(C)C)c1)OP1(c3ccccc3)(OC(OC(C)C)=NN1C(=O)OC(C)C)Oc1c(cc(C)cc1C(C)(C)C)S2. The second-order valence-corrected chi connectivity index (χ2v) is 18.8. The molecule has 0 fully saturated rings. The first kappa shape index (κ1) is 33.9. The van der Waals surface area contributed by atoms with Crippen LogP contribution in [0.4, 0.5) is 4.79 Å². The van der Waals surface area contributed by atoms with Gasteiger partial charge in [-0.05, 0) is 0 Å². The van der Waals surface area contributed by atoms with E-state index in [1.807, 2.05) is 44.2 Å². The van der Waals surface area contributed by atoms with Crippen molar-refractivity contribution in [3.63, 3.8) is 0 Å². The summed E-state index contributed by atoms with van der Waals surface area (Å²) in [5.41, 5.74) is 3.33. The van der Waals surface area contributed by atoms with E-state index in [1.54, 1.807) is 25.6 Å². The van der Waals surface area contributed by atoms with Crippen molar-refractivity contribution in [2.24, 2.45) is 5.10 Å². The minimum atomic E-state index is -5.20. The molecule has 10 heteroatoms. The number of aryl methyl sites for hydroxylation is 2. The molecule has 0 atom stereocenters. The van der Waals surface area contributed by atoms with Gasteiger partial charge in [0.1, 0.15) is 0 Å². The van der Waals surface area contributed by atoms with Crippen LogP contribution in [0.1, 0.15) is 91.5 Å². The number of carbonyl (C=O) groups excluding carboxylic acids is 1. The van der Waals surface area contributed by atoms with Crippen molar-refractivity contribution in [3.8, 4) is 11.5 Å². The zero-order chi connectivity index (χ0) is 33.8. The van der Waals surface area contributed by atoms with Gasteiger partial charge in [0.2, 0.25) is 0 Å². The van der Waals surface area contributed by atoms with E-state index < -0.39 is 19.6 Å². The van der Waals surface area contributed by atoms with E-state index in [0.29, 0.717) is 16.8 Å². The van der Waals surface area contributed by atoms with Gasteiger partial charge in [0.15, 0.2) is 0 Å². The van der Waals surface area contributed by atoms with Crippen LogP contribution >= 0.6 is 19.2 Å². The van der Waals surface area contributed by atoms with Crippen LogP contribution in [0.3, 0.4) is 0 Å². The fraction of sp³-hybridized carbons (Fsp3) is 0.444. The van der Waals surface area contributed by atoms with Crippen LogP contribution in [-0.2, 0) is 24.8 Å². The third-order valence-electron chi connectivity index (χ3n) is 7.51. The van der Waals surface area contributed by atoms with Gasteiger partial charge in [-0.2, -0.15) is 0 Å². The summed E-state index contributed by atoms with van der Waals surface area (Å²) in [5.74, 6) is 1.11. The fourth-order valence-corrected chi connectivity index (χ4v) is 10.3. The summed E-state index contributed by atoms with van der Waals surface area (Å²) >= 11 is 1.59. The molecule has 248 valence electrons. The second kappa shape index (κ2) is 11.7. The van der Waals surface area contributed by atoms with Crippen LogP contribution in [0.15, 0.2) is 69.5 Å². The van der Waals surface area contributed by atoms with Crippen LogP contribution in [-0.4, -0.2) is 29.2 Å². The molecule has 8 nitrogen and oxygen atoms in total. The van der Waals surface area contributed by atoms with Gasteiger partial charge >= 0.3 is 279 Å². The zero-order valence-corrected chi connectivity index (χ0v) is 30.8. The van der Waals surface area contributed by atoms with Crippen molar-refractivity contribution < 1.29 is 27.8 Å². The van der Waals surface area contributed by atoms with Gasteiger partial charge in [0.05, 0.1) is 0 Å². The van der Waals surface area contributed by atoms with Crippen LogP contribution in [0.2, 0.25) is 0 Å². The van der Waals surface area contributed by atoms with Crippen molar-refractivity contribution in [2.45, 2.75) is 116 Å². The topological polar surface area (TPSA) is 78.8 Å². The van der Waals surface area contributed by atoms with Gasteiger partial charge in [-0.15, -0.1) is 0 Å². The summed E-state index contributed by atoms with van der Waals surface area (Å²) in [7, 11) is -5.20. The zero-order valence-electron chi connectivity index (χ0n) is 29.1. The van der Waals surface area contributed by atoms with E-state index in [9.17, 15) is 4.79 Å². The summed E-state index contributed by atoms with van der Waals surface area (Å²) in [6.07, 6.45) is -1.69. The van der Waals surface area contributed by atoms with Crippen LogP contribution in [0.25, 0.3) is 0 Å². The Kier molecular flexibility index (Phi) is 8.61. The number of nitrogens with zero attached hydrogens (tertiary/aromatic N) is 2. The summed E-state index contributed by atoms with van der Waals surface area (Å²) in [6, 6.07) is 17.8. The molecular formula is C36H47N2O6PS. The number of hydrogen-bond donors (Lipinski definition) is 0. The van der Waals surface area contributed by atoms with Crippen molar-refractivity contribution in [1.82, 2.24) is 4.78 Å². The Hall–Kier alpha value is -3.42. The van der Waals surface area contributed by atoms with E-state index in [1.165, 1.54) is 0 Å². The average molecular weight is 667 g/mol. The third-order valence-corrected chi connectivity index (χ3v) is 12.1. The van der Waals surface area contributed by atoms with E-state index in [-0.39, 0.29) is 23.0 Å². The van der Waals surface area contributed by atoms with Gasteiger partial charge in [-0.3, -0.25) is 0 Å². The number of amides is 1. The number of ether oxygens (including phenoxy) is 2. The van der Waals surface area contributed by atoms with Crippen LogP contribution in [0, 0.1) is 13.8 Å². The van der Waals surface area contributed by atoms with Crippen molar-refractivity contribution >= 4 is 36.7 Å². The molecule has 0 radical (unpaired) electrons. The molecule has 5 rings (SSSR count). The van der Waals surface area contributed by atoms with Crippen LogP contribution in [0.5, 0.6) is 11.5 Å². The predicted octanol–water partition coefficient (Wildman–Crippen LogP) is 9.93. The molecule has 3 aromatic rings. The van der Waals surface area contributed by atoms with E-state index in [2.05, 4.69) is 84.8 Å². The Labute approximate surface area is 278 Å². The molecule has 0 bridgehead atoms. The molecule has 0 saturated heterocycles. The predicted molar refractivity (Wildman–Crippen MR) is 186 cm³/mol. The first-order valence-corrected chi connectivity index (χ1v) is 18.5. The molecule has 2 aliphatic rings. The number of hydrogen-bond acceptors (Lipinski definition) is 8. The van der Waals surface area contributed by atoms with E-state index >= 15 is 0 Å².